The van der Waals surface area contributed by atoms with Crippen LogP contribution in [0.1, 0.15) is 31.4 Å². The molecule has 1 aliphatic carbocycles. The van der Waals surface area contributed by atoms with Gasteiger partial charge in [0.05, 0.1) is 0 Å². The minimum absolute atomic E-state index is 0.275. The minimum Gasteiger partial charge on any atom is -0.0780 e. The molecule has 0 aromatic heterocycles. The van der Waals surface area contributed by atoms with Gasteiger partial charge in [0.15, 0.2) is 0 Å². The first-order chi connectivity index (χ1) is 10.6. The van der Waals surface area contributed by atoms with Gasteiger partial charge in [0, 0.05) is 0 Å². The summed E-state index contributed by atoms with van der Waals surface area (Å²) in [6, 6.07) is 21.2. The predicted octanol–water partition coefficient (Wildman–Crippen LogP) is 6.03. The Kier molecular flexibility index (Phi) is 4.11. The number of hydrogen-bond donors (Lipinski definition) is 0. The fraction of sp³-hybridized carbons (Fsp3) is 0.182. The number of benzene rings is 2. The van der Waals surface area contributed by atoms with Gasteiger partial charge >= 0.3 is 0 Å². The molecule has 0 aliphatic heterocycles. The predicted molar refractivity (Wildman–Crippen MR) is 95.6 cm³/mol. The van der Waals surface area contributed by atoms with Crippen LogP contribution in [0.4, 0.5) is 0 Å². The largest absolute Gasteiger partial charge is 0.0780 e. The van der Waals surface area contributed by atoms with E-state index in [2.05, 4.69) is 98.8 Å². The number of allylic oxidation sites excluding steroid dienone is 5. The van der Waals surface area contributed by atoms with Crippen molar-refractivity contribution in [2.24, 2.45) is 5.41 Å². The first-order valence-electron chi connectivity index (χ1n) is 7.86. The summed E-state index contributed by atoms with van der Waals surface area (Å²) < 4.78 is 0. The molecule has 0 spiro atoms. The van der Waals surface area contributed by atoms with Crippen LogP contribution in [0.3, 0.4) is 0 Å². The molecule has 0 bridgehead atoms. The lowest BCUT2D eigenvalue weighted by atomic mass is 9.83. The molecule has 0 N–H and O–H groups in total. The van der Waals surface area contributed by atoms with Gasteiger partial charge in [0.2, 0.25) is 0 Å². The SMILES string of the molecule is CC1(C)C=CC(C=C(c2ccccc2)c2ccccc2)=CC1. The second-order valence-electron chi connectivity index (χ2n) is 6.52. The van der Waals surface area contributed by atoms with Gasteiger partial charge in [0.1, 0.15) is 0 Å². The molecule has 0 saturated carbocycles. The molecule has 3 rings (SSSR count). The summed E-state index contributed by atoms with van der Waals surface area (Å²) in [5, 5.41) is 0. The minimum atomic E-state index is 0.275. The van der Waals surface area contributed by atoms with E-state index < -0.39 is 0 Å². The average molecular weight is 286 g/mol. The van der Waals surface area contributed by atoms with E-state index in [1.54, 1.807) is 0 Å². The highest BCUT2D eigenvalue weighted by atomic mass is 14.2. The molecule has 0 unspecified atom stereocenters. The van der Waals surface area contributed by atoms with Crippen LogP contribution in [0.2, 0.25) is 0 Å². The van der Waals surface area contributed by atoms with Crippen molar-refractivity contribution in [3.63, 3.8) is 0 Å². The fourth-order valence-electron chi connectivity index (χ4n) is 2.68. The highest BCUT2D eigenvalue weighted by molar-refractivity contribution is 5.82. The van der Waals surface area contributed by atoms with Gasteiger partial charge in [0.25, 0.3) is 0 Å². The van der Waals surface area contributed by atoms with Crippen LogP contribution in [0.5, 0.6) is 0 Å². The molecule has 22 heavy (non-hydrogen) atoms. The van der Waals surface area contributed by atoms with Crippen LogP contribution in [0.15, 0.2) is 90.5 Å². The van der Waals surface area contributed by atoms with Crippen LogP contribution in [-0.4, -0.2) is 0 Å². The summed E-state index contributed by atoms with van der Waals surface area (Å²) in [6.07, 6.45) is 10.3. The van der Waals surface area contributed by atoms with Gasteiger partial charge in [-0.2, -0.15) is 0 Å². The zero-order chi connectivity index (χ0) is 15.4. The Morgan fingerprint density at radius 2 is 1.41 bits per heavy atom. The van der Waals surface area contributed by atoms with E-state index in [1.807, 2.05) is 0 Å². The maximum Gasteiger partial charge on any atom is -0.0106 e. The quantitative estimate of drug-likeness (QED) is 0.646. The van der Waals surface area contributed by atoms with E-state index in [1.165, 1.54) is 22.3 Å². The van der Waals surface area contributed by atoms with Crippen molar-refractivity contribution in [3.8, 4) is 0 Å². The van der Waals surface area contributed by atoms with E-state index in [0.717, 1.165) is 6.42 Å². The van der Waals surface area contributed by atoms with Gasteiger partial charge in [-0.1, -0.05) is 92.7 Å². The van der Waals surface area contributed by atoms with Crippen LogP contribution in [0.25, 0.3) is 5.57 Å². The van der Waals surface area contributed by atoms with Crippen LogP contribution in [0, 0.1) is 5.41 Å². The Morgan fingerprint density at radius 1 is 0.864 bits per heavy atom. The van der Waals surface area contributed by atoms with E-state index in [0.29, 0.717) is 0 Å². The number of hydrogen-bond acceptors (Lipinski definition) is 0. The molecule has 0 saturated heterocycles. The molecule has 0 radical (unpaired) electrons. The molecule has 2 aromatic rings. The molecule has 0 atom stereocenters. The lowest BCUT2D eigenvalue weighted by Gasteiger charge is -2.22. The maximum absolute atomic E-state index is 2.34. The molecule has 0 fully saturated rings. The molecule has 0 heterocycles. The monoisotopic (exact) mass is 286 g/mol. The molecule has 2 aromatic carbocycles. The lowest BCUT2D eigenvalue weighted by Crippen LogP contribution is -2.08. The standard InChI is InChI=1S/C22H22/c1-22(2)15-13-18(14-16-22)17-21(19-9-5-3-6-10-19)20-11-7-4-8-12-20/h3-15,17H,16H2,1-2H3. The highest BCUT2D eigenvalue weighted by Gasteiger charge is 2.15. The van der Waals surface area contributed by atoms with Gasteiger partial charge in [-0.3, -0.25) is 0 Å². The topological polar surface area (TPSA) is 0 Å². The van der Waals surface area contributed by atoms with Crippen molar-refractivity contribution >= 4 is 5.57 Å². The van der Waals surface area contributed by atoms with Gasteiger partial charge in [-0.05, 0) is 40.2 Å². The first-order valence-corrected chi connectivity index (χ1v) is 7.86. The highest BCUT2D eigenvalue weighted by Crippen LogP contribution is 2.31. The Bertz CT molecular complexity index is 672. The first kappa shape index (κ1) is 14.6. The van der Waals surface area contributed by atoms with Gasteiger partial charge in [-0.15, -0.1) is 0 Å². The Labute approximate surface area is 133 Å². The number of rotatable bonds is 3. The van der Waals surface area contributed by atoms with Crippen molar-refractivity contribution in [2.75, 3.05) is 0 Å². The fourth-order valence-corrected chi connectivity index (χ4v) is 2.68. The van der Waals surface area contributed by atoms with Crippen molar-refractivity contribution in [3.05, 3.63) is 102 Å². The van der Waals surface area contributed by atoms with Gasteiger partial charge < -0.3 is 0 Å². The Balaban J connectivity index is 2.02. The normalized spacial score (nSPS) is 16.0. The second kappa shape index (κ2) is 6.19. The summed E-state index contributed by atoms with van der Waals surface area (Å²) in [6.45, 7) is 4.55. The average Bonchev–Trinajstić information content (AvgIpc) is 2.55. The molecule has 0 nitrogen and oxygen atoms in total. The zero-order valence-corrected chi connectivity index (χ0v) is 13.3. The van der Waals surface area contributed by atoms with Gasteiger partial charge in [-0.25, -0.2) is 0 Å². The Morgan fingerprint density at radius 3 is 1.86 bits per heavy atom. The smallest absolute Gasteiger partial charge is 0.0106 e. The third-order valence-electron chi connectivity index (χ3n) is 4.07. The zero-order valence-electron chi connectivity index (χ0n) is 13.3. The lowest BCUT2D eigenvalue weighted by molar-refractivity contribution is 0.483. The molecule has 110 valence electrons. The molecular formula is C22H22. The summed E-state index contributed by atoms with van der Waals surface area (Å²) in [7, 11) is 0. The molecular weight excluding hydrogens is 264 g/mol. The van der Waals surface area contributed by atoms with Crippen LogP contribution in [-0.2, 0) is 0 Å². The maximum atomic E-state index is 2.34. The van der Waals surface area contributed by atoms with Crippen molar-refractivity contribution < 1.29 is 0 Å². The van der Waals surface area contributed by atoms with Crippen LogP contribution >= 0.6 is 0 Å². The summed E-state index contributed by atoms with van der Waals surface area (Å²) in [5.74, 6) is 0. The molecule has 1 aliphatic rings. The molecule has 0 amide bonds. The van der Waals surface area contributed by atoms with Crippen molar-refractivity contribution in [1.82, 2.24) is 0 Å². The van der Waals surface area contributed by atoms with Crippen LogP contribution < -0.4 is 0 Å². The third kappa shape index (κ3) is 3.46. The van der Waals surface area contributed by atoms with E-state index >= 15 is 0 Å². The van der Waals surface area contributed by atoms with E-state index in [4.69, 9.17) is 0 Å². The summed E-state index contributed by atoms with van der Waals surface area (Å²) in [5.41, 5.74) is 5.36. The van der Waals surface area contributed by atoms with Crippen molar-refractivity contribution in [2.45, 2.75) is 20.3 Å². The Hall–Kier alpha value is -2.34. The van der Waals surface area contributed by atoms with E-state index in [9.17, 15) is 0 Å². The van der Waals surface area contributed by atoms with Crippen molar-refractivity contribution in [1.29, 1.82) is 0 Å². The third-order valence-corrected chi connectivity index (χ3v) is 4.07. The molecule has 0 heteroatoms. The summed E-state index contributed by atoms with van der Waals surface area (Å²) >= 11 is 0. The second-order valence-corrected chi connectivity index (χ2v) is 6.52. The summed E-state index contributed by atoms with van der Waals surface area (Å²) in [4.78, 5) is 0. The van der Waals surface area contributed by atoms with E-state index in [-0.39, 0.29) is 5.41 Å².